The van der Waals surface area contributed by atoms with Gasteiger partial charge in [0, 0.05) is 44.8 Å². The molecule has 0 aromatic carbocycles. The smallest absolute Gasteiger partial charge is 0.244 e. The van der Waals surface area contributed by atoms with Gasteiger partial charge in [-0.2, -0.15) is 5.10 Å². The van der Waals surface area contributed by atoms with Crippen molar-refractivity contribution in [2.24, 2.45) is 5.41 Å². The first-order valence-electron chi connectivity index (χ1n) is 13.4. The van der Waals surface area contributed by atoms with E-state index in [1.54, 1.807) is 10.9 Å². The summed E-state index contributed by atoms with van der Waals surface area (Å²) in [7, 11) is 0. The lowest BCUT2D eigenvalue weighted by molar-refractivity contribution is -0.134. The minimum absolute atomic E-state index is 0.0401. The Bertz CT molecular complexity index is 1060. The van der Waals surface area contributed by atoms with E-state index in [1.165, 1.54) is 6.42 Å². The van der Waals surface area contributed by atoms with Gasteiger partial charge in [-0.25, -0.2) is 0 Å². The quantitative estimate of drug-likeness (QED) is 0.605. The lowest BCUT2D eigenvalue weighted by atomic mass is 9.76. The minimum atomic E-state index is -0.0620. The molecule has 10 nitrogen and oxygen atoms in total. The molecule has 3 saturated heterocycles. The Kier molecular flexibility index (Phi) is 7.14. The normalized spacial score (nSPS) is 22.6. The highest BCUT2D eigenvalue weighted by atomic mass is 16.4. The van der Waals surface area contributed by atoms with Gasteiger partial charge in [0.15, 0.2) is 0 Å². The maximum atomic E-state index is 13.2. The number of carbonyl (C=O) groups is 2. The Morgan fingerprint density at radius 1 is 1.03 bits per heavy atom. The van der Waals surface area contributed by atoms with Gasteiger partial charge in [-0.1, -0.05) is 13.8 Å². The second kappa shape index (κ2) is 10.3. The zero-order valence-corrected chi connectivity index (χ0v) is 21.9. The number of piperidine rings is 2. The number of rotatable bonds is 6. The number of likely N-dealkylation sites (tertiary alicyclic amines) is 3. The van der Waals surface area contributed by atoms with Gasteiger partial charge in [-0.15, -0.1) is 10.2 Å². The molecule has 1 atom stereocenters. The monoisotopic (exact) mass is 497 g/mol. The third-order valence-corrected chi connectivity index (χ3v) is 8.12. The number of hydrogen-bond donors (Lipinski definition) is 0. The van der Waals surface area contributed by atoms with E-state index in [2.05, 4.69) is 20.2 Å². The lowest BCUT2D eigenvalue weighted by Crippen LogP contribution is -2.46. The molecular formula is C26H39N7O3. The van der Waals surface area contributed by atoms with Gasteiger partial charge in [0.2, 0.25) is 23.6 Å². The molecular weight excluding hydrogens is 458 g/mol. The van der Waals surface area contributed by atoms with E-state index in [-0.39, 0.29) is 35.7 Å². The van der Waals surface area contributed by atoms with Crippen LogP contribution in [0.1, 0.15) is 81.7 Å². The predicted octanol–water partition coefficient (Wildman–Crippen LogP) is 2.77. The zero-order valence-electron chi connectivity index (χ0n) is 21.9. The summed E-state index contributed by atoms with van der Waals surface area (Å²) >= 11 is 0. The van der Waals surface area contributed by atoms with Crippen molar-refractivity contribution in [3.63, 3.8) is 0 Å². The van der Waals surface area contributed by atoms with Gasteiger partial charge in [-0.3, -0.25) is 19.2 Å². The van der Waals surface area contributed by atoms with Gasteiger partial charge in [0.25, 0.3) is 0 Å². The molecule has 0 bridgehead atoms. The van der Waals surface area contributed by atoms with Crippen molar-refractivity contribution >= 4 is 11.8 Å². The van der Waals surface area contributed by atoms with Crippen LogP contribution in [0.25, 0.3) is 0 Å². The first-order valence-corrected chi connectivity index (χ1v) is 13.4. The Labute approximate surface area is 213 Å². The number of carbonyl (C=O) groups excluding carboxylic acids is 2. The summed E-state index contributed by atoms with van der Waals surface area (Å²) in [5, 5.41) is 12.9. The van der Waals surface area contributed by atoms with Crippen LogP contribution in [0.2, 0.25) is 0 Å². The summed E-state index contributed by atoms with van der Waals surface area (Å²) in [6.45, 7) is 10.7. The molecule has 2 aromatic heterocycles. The minimum Gasteiger partial charge on any atom is -0.423 e. The van der Waals surface area contributed by atoms with Gasteiger partial charge in [0.05, 0.1) is 18.8 Å². The van der Waals surface area contributed by atoms with Crippen molar-refractivity contribution < 1.29 is 14.0 Å². The number of nitrogens with zero attached hydrogens (tertiary/aromatic N) is 7. The molecule has 0 aliphatic carbocycles. The molecule has 2 aromatic rings. The summed E-state index contributed by atoms with van der Waals surface area (Å²) in [4.78, 5) is 32.3. The first kappa shape index (κ1) is 24.9. The van der Waals surface area contributed by atoms with Crippen LogP contribution in [0.3, 0.4) is 0 Å². The SMILES string of the molecule is Cc1cnn(CC(=O)N2CCC3(CC2)CC(c2nnc(C(C)C)o2)N(CC(=O)N2CCCCC2)C3)c1. The van der Waals surface area contributed by atoms with Crippen molar-refractivity contribution in [2.75, 3.05) is 39.3 Å². The summed E-state index contributed by atoms with van der Waals surface area (Å²) in [5.74, 6) is 1.73. The summed E-state index contributed by atoms with van der Waals surface area (Å²) in [5.41, 5.74) is 1.09. The van der Waals surface area contributed by atoms with Crippen molar-refractivity contribution in [1.29, 1.82) is 0 Å². The maximum Gasteiger partial charge on any atom is 0.244 e. The van der Waals surface area contributed by atoms with Crippen LogP contribution in [-0.2, 0) is 16.1 Å². The molecule has 0 saturated carbocycles. The van der Waals surface area contributed by atoms with Gasteiger partial charge >= 0.3 is 0 Å². The molecule has 3 aliphatic heterocycles. The molecule has 2 amide bonds. The Morgan fingerprint density at radius 2 is 1.72 bits per heavy atom. The Balaban J connectivity index is 1.27. The summed E-state index contributed by atoms with van der Waals surface area (Å²) in [6, 6.07) is -0.0620. The largest absolute Gasteiger partial charge is 0.423 e. The highest BCUT2D eigenvalue weighted by Gasteiger charge is 2.49. The zero-order chi connectivity index (χ0) is 25.3. The van der Waals surface area contributed by atoms with E-state index < -0.39 is 0 Å². The molecule has 10 heteroatoms. The second-order valence-electron chi connectivity index (χ2n) is 11.3. The highest BCUT2D eigenvalue weighted by molar-refractivity contribution is 5.78. The molecule has 1 unspecified atom stereocenters. The topological polar surface area (TPSA) is 101 Å². The van der Waals surface area contributed by atoms with E-state index in [9.17, 15) is 9.59 Å². The Morgan fingerprint density at radius 3 is 2.36 bits per heavy atom. The fourth-order valence-corrected chi connectivity index (χ4v) is 5.97. The number of hydrogen-bond acceptors (Lipinski definition) is 7. The average Bonchev–Trinajstić information content (AvgIpc) is 3.59. The molecule has 3 aliphatic rings. The van der Waals surface area contributed by atoms with Crippen LogP contribution in [-0.4, -0.2) is 85.8 Å². The fourth-order valence-electron chi connectivity index (χ4n) is 5.97. The van der Waals surface area contributed by atoms with Crippen LogP contribution in [0.15, 0.2) is 16.8 Å². The molecule has 36 heavy (non-hydrogen) atoms. The van der Waals surface area contributed by atoms with E-state index in [0.29, 0.717) is 18.3 Å². The lowest BCUT2D eigenvalue weighted by Gasteiger charge is -2.39. The third kappa shape index (κ3) is 5.33. The number of aryl methyl sites for hydroxylation is 1. The average molecular weight is 498 g/mol. The van der Waals surface area contributed by atoms with Crippen LogP contribution in [0, 0.1) is 12.3 Å². The van der Waals surface area contributed by atoms with E-state index in [0.717, 1.165) is 70.4 Å². The molecule has 5 rings (SSSR count). The molecule has 0 radical (unpaired) electrons. The van der Waals surface area contributed by atoms with Crippen molar-refractivity contribution in [2.45, 2.75) is 77.8 Å². The summed E-state index contributed by atoms with van der Waals surface area (Å²) < 4.78 is 7.80. The van der Waals surface area contributed by atoms with Crippen LogP contribution in [0.4, 0.5) is 0 Å². The van der Waals surface area contributed by atoms with E-state index in [4.69, 9.17) is 4.42 Å². The maximum absolute atomic E-state index is 13.2. The predicted molar refractivity (Wildman–Crippen MR) is 133 cm³/mol. The van der Waals surface area contributed by atoms with Crippen molar-refractivity contribution in [1.82, 2.24) is 34.7 Å². The molecule has 1 spiro atoms. The van der Waals surface area contributed by atoms with Crippen molar-refractivity contribution in [3.05, 3.63) is 29.7 Å². The second-order valence-corrected chi connectivity index (χ2v) is 11.3. The van der Waals surface area contributed by atoms with Crippen LogP contribution in [0.5, 0.6) is 0 Å². The summed E-state index contributed by atoms with van der Waals surface area (Å²) in [6.07, 6.45) is 9.75. The van der Waals surface area contributed by atoms with E-state index >= 15 is 0 Å². The Hall–Kier alpha value is -2.75. The van der Waals surface area contributed by atoms with Gasteiger partial charge < -0.3 is 14.2 Å². The molecule has 196 valence electrons. The fraction of sp³-hybridized carbons (Fsp3) is 0.731. The van der Waals surface area contributed by atoms with E-state index in [1.807, 2.05) is 36.8 Å². The highest BCUT2D eigenvalue weighted by Crippen LogP contribution is 2.48. The third-order valence-electron chi connectivity index (χ3n) is 8.12. The van der Waals surface area contributed by atoms with Crippen LogP contribution < -0.4 is 0 Å². The number of aromatic nitrogens is 4. The van der Waals surface area contributed by atoms with Crippen LogP contribution >= 0.6 is 0 Å². The molecule has 5 heterocycles. The van der Waals surface area contributed by atoms with Gasteiger partial charge in [-0.05, 0) is 56.4 Å². The standard InChI is InChI=1S/C26H39N7O3/c1-19(2)24-28-29-25(36-24)21-13-26(18-32(21)16-22(34)30-9-5-4-6-10-30)7-11-31(12-8-26)23(35)17-33-15-20(3)14-27-33/h14-15,19,21H,4-13,16-18H2,1-3H3. The molecule has 0 N–H and O–H groups in total. The molecule has 3 fully saturated rings. The van der Waals surface area contributed by atoms with Gasteiger partial charge in [0.1, 0.15) is 6.54 Å². The number of amides is 2. The van der Waals surface area contributed by atoms with Crippen molar-refractivity contribution in [3.8, 4) is 0 Å². The first-order chi connectivity index (χ1) is 17.3.